The van der Waals surface area contributed by atoms with Crippen LogP contribution >= 0.6 is 0 Å². The molecule has 92 valence electrons. The third kappa shape index (κ3) is 2.87. The monoisotopic (exact) mass is 243 g/mol. The average Bonchev–Trinajstić information content (AvgIpc) is 2.28. The first-order valence-corrected chi connectivity index (χ1v) is 4.27. The maximum absolute atomic E-state index is 10.7. The molecule has 1 atom stereocenters. The highest BCUT2D eigenvalue weighted by Crippen LogP contribution is 2.28. The summed E-state index contributed by atoms with van der Waals surface area (Å²) in [6.45, 7) is 0. The zero-order valence-corrected chi connectivity index (χ0v) is 8.40. The number of hydrogen-bond acceptors (Lipinski definition) is 7. The predicted molar refractivity (Wildman–Crippen MR) is 53.6 cm³/mol. The van der Waals surface area contributed by atoms with Crippen molar-refractivity contribution in [1.82, 2.24) is 0 Å². The number of nitrogens with zero attached hydrogens (tertiary/aromatic N) is 1. The van der Waals surface area contributed by atoms with Crippen molar-refractivity contribution in [1.29, 1.82) is 0 Å². The fourth-order valence-electron chi connectivity index (χ4n) is 1.15. The number of nitro benzene ring substituents is 1. The number of non-ortho nitro benzene ring substituents is 1. The van der Waals surface area contributed by atoms with Gasteiger partial charge in [-0.25, -0.2) is 0 Å². The van der Waals surface area contributed by atoms with E-state index in [2.05, 4.69) is 15.8 Å². The highest BCUT2D eigenvalue weighted by molar-refractivity contribution is 5.76. The summed E-state index contributed by atoms with van der Waals surface area (Å²) in [5.74, 6) is 3.11. The Balaban J connectivity index is 3.21. The van der Waals surface area contributed by atoms with Crippen molar-refractivity contribution < 1.29 is 24.7 Å². The molecule has 0 aliphatic heterocycles. The summed E-state index contributed by atoms with van der Waals surface area (Å²) in [4.78, 5) is 28.8. The van der Waals surface area contributed by atoms with Crippen LogP contribution in [0, 0.1) is 10.1 Å². The van der Waals surface area contributed by atoms with Gasteiger partial charge in [0.2, 0.25) is 0 Å². The van der Waals surface area contributed by atoms with Crippen LogP contribution in [-0.4, -0.2) is 16.0 Å². The van der Waals surface area contributed by atoms with Gasteiger partial charge in [-0.1, -0.05) is 4.99 Å². The molecular weight excluding hydrogens is 234 g/mol. The summed E-state index contributed by atoms with van der Waals surface area (Å²) in [7, 11) is 0. The molecule has 0 saturated carbocycles. The van der Waals surface area contributed by atoms with E-state index in [1.807, 2.05) is 0 Å². The van der Waals surface area contributed by atoms with Gasteiger partial charge in [0.15, 0.2) is 5.75 Å². The first-order chi connectivity index (χ1) is 7.97. The maximum Gasteiger partial charge on any atom is 0.325 e. The fourth-order valence-corrected chi connectivity index (χ4v) is 1.15. The quantitative estimate of drug-likeness (QED) is 0.367. The SMILES string of the molecule is NOOc1cc([N+](=O)[O-])ccc1C(N)C(=O)O. The zero-order chi connectivity index (χ0) is 13.0. The molecule has 1 aromatic rings. The molecule has 0 amide bonds. The fraction of sp³-hybridized carbons (Fsp3) is 0.125. The van der Waals surface area contributed by atoms with Crippen LogP contribution in [0.5, 0.6) is 5.75 Å². The van der Waals surface area contributed by atoms with Gasteiger partial charge in [-0.2, -0.15) is 5.90 Å². The van der Waals surface area contributed by atoms with Gasteiger partial charge >= 0.3 is 5.97 Å². The Kier molecular flexibility index (Phi) is 3.93. The Morgan fingerprint density at radius 2 is 2.18 bits per heavy atom. The Morgan fingerprint density at radius 3 is 2.65 bits per heavy atom. The highest BCUT2D eigenvalue weighted by Gasteiger charge is 2.22. The summed E-state index contributed by atoms with van der Waals surface area (Å²) in [6, 6.07) is 1.82. The lowest BCUT2D eigenvalue weighted by Gasteiger charge is -2.10. The van der Waals surface area contributed by atoms with Crippen LogP contribution in [-0.2, 0) is 9.78 Å². The lowest BCUT2D eigenvalue weighted by atomic mass is 10.1. The molecule has 0 fully saturated rings. The third-order valence-corrected chi connectivity index (χ3v) is 1.95. The first kappa shape index (κ1) is 12.8. The molecule has 9 heteroatoms. The van der Waals surface area contributed by atoms with E-state index in [0.717, 1.165) is 18.2 Å². The maximum atomic E-state index is 10.7. The van der Waals surface area contributed by atoms with Gasteiger partial charge in [-0.3, -0.25) is 14.9 Å². The van der Waals surface area contributed by atoms with Crippen LogP contribution in [0.25, 0.3) is 0 Å². The van der Waals surface area contributed by atoms with Crippen molar-refractivity contribution in [3.8, 4) is 5.75 Å². The summed E-state index contributed by atoms with van der Waals surface area (Å²) in [5, 5.41) is 19.2. The van der Waals surface area contributed by atoms with E-state index in [9.17, 15) is 14.9 Å². The number of benzene rings is 1. The molecule has 0 heterocycles. The number of carboxylic acids is 1. The van der Waals surface area contributed by atoms with Gasteiger partial charge in [0.05, 0.1) is 11.0 Å². The number of carbonyl (C=O) groups is 1. The van der Waals surface area contributed by atoms with Gasteiger partial charge in [0.25, 0.3) is 5.69 Å². The Labute approximate surface area is 94.6 Å². The molecule has 1 rings (SSSR count). The van der Waals surface area contributed by atoms with Gasteiger partial charge in [0, 0.05) is 11.6 Å². The molecule has 17 heavy (non-hydrogen) atoms. The topological polar surface area (TPSA) is 151 Å². The summed E-state index contributed by atoms with van der Waals surface area (Å²) >= 11 is 0. The van der Waals surface area contributed by atoms with Crippen LogP contribution in [0.4, 0.5) is 5.69 Å². The lowest BCUT2D eigenvalue weighted by Crippen LogP contribution is -2.22. The van der Waals surface area contributed by atoms with E-state index >= 15 is 0 Å². The van der Waals surface area contributed by atoms with Crippen molar-refractivity contribution in [3.05, 3.63) is 33.9 Å². The number of aliphatic carboxylic acids is 1. The van der Waals surface area contributed by atoms with E-state index in [1.165, 1.54) is 0 Å². The van der Waals surface area contributed by atoms with Gasteiger partial charge in [-0.15, -0.1) is 0 Å². The molecule has 9 nitrogen and oxygen atoms in total. The van der Waals surface area contributed by atoms with Crippen molar-refractivity contribution in [2.45, 2.75) is 6.04 Å². The first-order valence-electron chi connectivity index (χ1n) is 4.27. The molecule has 0 spiro atoms. The van der Waals surface area contributed by atoms with Crippen molar-refractivity contribution in [2.75, 3.05) is 0 Å². The predicted octanol–water partition coefficient (Wildman–Crippen LogP) is -0.137. The van der Waals surface area contributed by atoms with Gasteiger partial charge < -0.3 is 15.7 Å². The Morgan fingerprint density at radius 1 is 1.53 bits per heavy atom. The molecule has 1 unspecified atom stereocenters. The zero-order valence-electron chi connectivity index (χ0n) is 8.40. The largest absolute Gasteiger partial charge is 0.480 e. The minimum atomic E-state index is -1.40. The van der Waals surface area contributed by atoms with Crippen LogP contribution in [0.2, 0.25) is 0 Å². The summed E-state index contributed by atoms with van der Waals surface area (Å²) in [6.07, 6.45) is 0. The molecule has 5 N–H and O–H groups in total. The number of hydrogen-bond donors (Lipinski definition) is 3. The second kappa shape index (κ2) is 5.21. The van der Waals surface area contributed by atoms with Gasteiger partial charge in [0.1, 0.15) is 6.04 Å². The number of rotatable bonds is 5. The van der Waals surface area contributed by atoms with Crippen molar-refractivity contribution in [2.24, 2.45) is 11.6 Å². The molecule has 0 aliphatic carbocycles. The second-order valence-corrected chi connectivity index (χ2v) is 2.97. The second-order valence-electron chi connectivity index (χ2n) is 2.97. The van der Waals surface area contributed by atoms with Gasteiger partial charge in [-0.05, 0) is 6.07 Å². The van der Waals surface area contributed by atoms with E-state index in [1.54, 1.807) is 0 Å². The third-order valence-electron chi connectivity index (χ3n) is 1.95. The molecule has 0 aliphatic rings. The standard InChI is InChI=1S/C8H9N3O6/c9-7(8(12)13)5-2-1-4(11(14)15)3-6(5)16-17-10/h1-3,7H,9-10H2,(H,12,13). The number of nitro groups is 1. The minimum absolute atomic E-state index is 0.00792. The van der Waals surface area contributed by atoms with Crippen molar-refractivity contribution >= 4 is 11.7 Å². The Hall–Kier alpha value is -2.23. The van der Waals surface area contributed by atoms with E-state index in [4.69, 9.17) is 10.8 Å². The Bertz CT molecular complexity index is 449. The van der Waals surface area contributed by atoms with Crippen LogP contribution in [0.1, 0.15) is 11.6 Å². The molecule has 0 radical (unpaired) electrons. The summed E-state index contributed by atoms with van der Waals surface area (Å²) < 4.78 is 0. The normalized spacial score (nSPS) is 11.9. The van der Waals surface area contributed by atoms with Crippen LogP contribution < -0.4 is 16.5 Å². The molecular formula is C8H9N3O6. The lowest BCUT2D eigenvalue weighted by molar-refractivity contribution is -0.385. The van der Waals surface area contributed by atoms with Crippen molar-refractivity contribution in [3.63, 3.8) is 0 Å². The molecule has 0 aromatic heterocycles. The summed E-state index contributed by atoms with van der Waals surface area (Å²) in [5.41, 5.74) is 5.05. The highest BCUT2D eigenvalue weighted by atomic mass is 17.3. The smallest absolute Gasteiger partial charge is 0.325 e. The molecule has 1 aromatic carbocycles. The van der Waals surface area contributed by atoms with E-state index < -0.39 is 16.9 Å². The van der Waals surface area contributed by atoms with Crippen LogP contribution in [0.3, 0.4) is 0 Å². The van der Waals surface area contributed by atoms with E-state index in [0.29, 0.717) is 0 Å². The average molecular weight is 243 g/mol. The number of carboxylic acid groups (broad SMARTS) is 1. The van der Waals surface area contributed by atoms with E-state index in [-0.39, 0.29) is 17.0 Å². The minimum Gasteiger partial charge on any atom is -0.480 e. The van der Waals surface area contributed by atoms with Crippen LogP contribution in [0.15, 0.2) is 18.2 Å². The number of nitrogens with two attached hydrogens (primary N) is 2. The molecule has 0 bridgehead atoms. The molecule has 0 saturated heterocycles.